The third-order valence-electron chi connectivity index (χ3n) is 3.59. The van der Waals surface area contributed by atoms with E-state index < -0.39 is 6.04 Å². The average molecular weight is 301 g/mol. The van der Waals surface area contributed by atoms with Gasteiger partial charge >= 0.3 is 0 Å². The van der Waals surface area contributed by atoms with Crippen molar-refractivity contribution in [2.24, 2.45) is 5.73 Å². The summed E-state index contributed by atoms with van der Waals surface area (Å²) in [6.45, 7) is 0.145. The molecule has 21 heavy (non-hydrogen) atoms. The topological polar surface area (TPSA) is 63.4 Å². The van der Waals surface area contributed by atoms with E-state index in [9.17, 15) is 9.59 Å². The molecule has 3 rings (SSSR count). The van der Waals surface area contributed by atoms with Gasteiger partial charge in [0, 0.05) is 11.6 Å². The van der Waals surface area contributed by atoms with Gasteiger partial charge in [0.2, 0.25) is 0 Å². The van der Waals surface area contributed by atoms with E-state index in [0.717, 1.165) is 5.56 Å². The summed E-state index contributed by atoms with van der Waals surface area (Å²) >= 11 is 5.99. The highest BCUT2D eigenvalue weighted by atomic mass is 35.5. The molecule has 0 aromatic heterocycles. The summed E-state index contributed by atoms with van der Waals surface area (Å²) in [7, 11) is 0. The van der Waals surface area contributed by atoms with Crippen LogP contribution in [0.25, 0.3) is 0 Å². The maximum absolute atomic E-state index is 12.5. The lowest BCUT2D eigenvalue weighted by atomic mass is 10.1. The molecule has 5 heteroatoms. The first kappa shape index (κ1) is 13.8. The minimum atomic E-state index is -0.518. The van der Waals surface area contributed by atoms with Crippen LogP contribution < -0.4 is 5.73 Å². The van der Waals surface area contributed by atoms with Crippen molar-refractivity contribution in [2.75, 3.05) is 6.54 Å². The molecule has 1 aliphatic heterocycles. The monoisotopic (exact) mass is 300 g/mol. The maximum atomic E-state index is 12.5. The van der Waals surface area contributed by atoms with E-state index in [1.54, 1.807) is 42.5 Å². The quantitative estimate of drug-likeness (QED) is 0.886. The lowest BCUT2D eigenvalue weighted by Gasteiger charge is -2.25. The number of imide groups is 1. The Morgan fingerprint density at radius 3 is 2.14 bits per heavy atom. The second-order valence-corrected chi connectivity index (χ2v) is 5.27. The zero-order valence-electron chi connectivity index (χ0n) is 11.1. The fraction of sp³-hybridized carbons (Fsp3) is 0.125. The summed E-state index contributed by atoms with van der Waals surface area (Å²) in [5.74, 6) is -0.628. The van der Waals surface area contributed by atoms with Crippen LogP contribution in [0.3, 0.4) is 0 Å². The summed E-state index contributed by atoms with van der Waals surface area (Å²) in [6.07, 6.45) is 0. The fourth-order valence-electron chi connectivity index (χ4n) is 2.60. The zero-order valence-corrected chi connectivity index (χ0v) is 11.9. The van der Waals surface area contributed by atoms with Gasteiger partial charge in [-0.3, -0.25) is 14.5 Å². The highest BCUT2D eigenvalue weighted by Gasteiger charge is 2.39. The number of hydrogen-bond donors (Lipinski definition) is 1. The van der Waals surface area contributed by atoms with Gasteiger partial charge in [-0.1, -0.05) is 35.9 Å². The van der Waals surface area contributed by atoms with Gasteiger partial charge in [0.05, 0.1) is 17.2 Å². The van der Waals surface area contributed by atoms with Crippen molar-refractivity contribution in [2.45, 2.75) is 6.04 Å². The molecule has 0 spiro atoms. The Labute approximate surface area is 127 Å². The molecule has 2 N–H and O–H groups in total. The largest absolute Gasteiger partial charge is 0.328 e. The van der Waals surface area contributed by atoms with E-state index in [-0.39, 0.29) is 18.4 Å². The molecule has 0 saturated heterocycles. The van der Waals surface area contributed by atoms with Crippen LogP contribution in [0.1, 0.15) is 32.3 Å². The summed E-state index contributed by atoms with van der Waals surface area (Å²) in [4.78, 5) is 26.2. The predicted molar refractivity (Wildman–Crippen MR) is 80.2 cm³/mol. The van der Waals surface area contributed by atoms with Crippen LogP contribution in [0.4, 0.5) is 0 Å². The Kier molecular flexibility index (Phi) is 3.49. The molecular formula is C16H13ClN2O2. The SMILES string of the molecule is NCC(c1cccc(Cl)c1)N1C(=O)c2ccccc2C1=O. The van der Waals surface area contributed by atoms with Gasteiger partial charge < -0.3 is 5.73 Å². The van der Waals surface area contributed by atoms with Crippen LogP contribution in [-0.2, 0) is 0 Å². The second-order valence-electron chi connectivity index (χ2n) is 4.83. The van der Waals surface area contributed by atoms with E-state index >= 15 is 0 Å². The number of rotatable bonds is 3. The number of hydrogen-bond acceptors (Lipinski definition) is 3. The summed E-state index contributed by atoms with van der Waals surface area (Å²) in [5.41, 5.74) is 7.39. The predicted octanol–water partition coefficient (Wildman–Crippen LogP) is 2.64. The van der Waals surface area contributed by atoms with E-state index in [4.69, 9.17) is 17.3 Å². The molecule has 106 valence electrons. The summed E-state index contributed by atoms with van der Waals surface area (Å²) < 4.78 is 0. The molecule has 0 aliphatic carbocycles. The van der Waals surface area contributed by atoms with Crippen molar-refractivity contribution in [1.29, 1.82) is 0 Å². The minimum Gasteiger partial charge on any atom is -0.328 e. The number of carbonyl (C=O) groups excluding carboxylic acids is 2. The van der Waals surface area contributed by atoms with Crippen molar-refractivity contribution in [3.8, 4) is 0 Å². The van der Waals surface area contributed by atoms with Crippen LogP contribution >= 0.6 is 11.6 Å². The highest BCUT2D eigenvalue weighted by Crippen LogP contribution is 2.31. The van der Waals surface area contributed by atoms with E-state index in [1.807, 2.05) is 6.07 Å². The van der Waals surface area contributed by atoms with E-state index in [0.29, 0.717) is 16.1 Å². The van der Waals surface area contributed by atoms with Gasteiger partial charge in [0.15, 0.2) is 0 Å². The van der Waals surface area contributed by atoms with Crippen LogP contribution in [0.2, 0.25) is 5.02 Å². The number of benzene rings is 2. The van der Waals surface area contributed by atoms with Crippen molar-refractivity contribution in [3.05, 3.63) is 70.2 Å². The normalized spacial score (nSPS) is 15.2. The molecule has 1 atom stereocenters. The third kappa shape index (κ3) is 2.22. The van der Waals surface area contributed by atoms with Gasteiger partial charge in [0.1, 0.15) is 0 Å². The van der Waals surface area contributed by atoms with Gasteiger partial charge in [-0.05, 0) is 29.8 Å². The first-order valence-corrected chi connectivity index (χ1v) is 6.93. The molecule has 1 aliphatic rings. The highest BCUT2D eigenvalue weighted by molar-refractivity contribution is 6.30. The van der Waals surface area contributed by atoms with Crippen LogP contribution in [0.5, 0.6) is 0 Å². The molecule has 0 radical (unpaired) electrons. The third-order valence-corrected chi connectivity index (χ3v) is 3.83. The van der Waals surface area contributed by atoms with Crippen LogP contribution in [0.15, 0.2) is 48.5 Å². The molecule has 2 amide bonds. The first-order chi connectivity index (χ1) is 10.1. The van der Waals surface area contributed by atoms with Crippen molar-refractivity contribution in [3.63, 3.8) is 0 Å². The Morgan fingerprint density at radius 2 is 1.62 bits per heavy atom. The Bertz CT molecular complexity index is 695. The first-order valence-electron chi connectivity index (χ1n) is 6.56. The molecule has 2 aromatic rings. The summed E-state index contributed by atoms with van der Waals surface area (Å²) in [6, 6.07) is 13.3. The van der Waals surface area contributed by atoms with Gasteiger partial charge in [-0.2, -0.15) is 0 Å². The lowest BCUT2D eigenvalue weighted by molar-refractivity contribution is 0.0587. The second kappa shape index (κ2) is 5.31. The van der Waals surface area contributed by atoms with Gasteiger partial charge in [0.25, 0.3) is 11.8 Å². The number of amides is 2. The molecule has 1 heterocycles. The number of carbonyl (C=O) groups is 2. The number of nitrogens with zero attached hydrogens (tertiary/aromatic N) is 1. The van der Waals surface area contributed by atoms with Crippen LogP contribution in [0, 0.1) is 0 Å². The van der Waals surface area contributed by atoms with Crippen molar-refractivity contribution < 1.29 is 9.59 Å². The molecule has 4 nitrogen and oxygen atoms in total. The molecule has 0 fully saturated rings. The number of fused-ring (bicyclic) bond motifs is 1. The smallest absolute Gasteiger partial charge is 0.262 e. The van der Waals surface area contributed by atoms with Gasteiger partial charge in [-0.15, -0.1) is 0 Å². The lowest BCUT2D eigenvalue weighted by Crippen LogP contribution is -2.38. The average Bonchev–Trinajstić information content (AvgIpc) is 2.74. The molecular weight excluding hydrogens is 288 g/mol. The van der Waals surface area contributed by atoms with E-state index in [1.165, 1.54) is 4.90 Å². The van der Waals surface area contributed by atoms with Crippen molar-refractivity contribution >= 4 is 23.4 Å². The summed E-state index contributed by atoms with van der Waals surface area (Å²) in [5, 5.41) is 0.544. The number of halogens is 1. The van der Waals surface area contributed by atoms with Gasteiger partial charge in [-0.25, -0.2) is 0 Å². The fourth-order valence-corrected chi connectivity index (χ4v) is 2.79. The zero-order chi connectivity index (χ0) is 15.0. The standard InChI is InChI=1S/C16H13ClN2O2/c17-11-5-3-4-10(8-11)14(9-18)19-15(20)12-6-1-2-7-13(12)16(19)21/h1-8,14H,9,18H2. The van der Waals surface area contributed by atoms with E-state index in [2.05, 4.69) is 0 Å². The Balaban J connectivity index is 2.04. The molecule has 0 saturated carbocycles. The minimum absolute atomic E-state index is 0.145. The molecule has 0 bridgehead atoms. The maximum Gasteiger partial charge on any atom is 0.262 e. The number of nitrogens with two attached hydrogens (primary N) is 1. The molecule has 1 unspecified atom stereocenters. The Hall–Kier alpha value is -2.17. The Morgan fingerprint density at radius 1 is 1.00 bits per heavy atom. The molecule has 2 aromatic carbocycles. The van der Waals surface area contributed by atoms with Crippen molar-refractivity contribution in [1.82, 2.24) is 4.90 Å². The van der Waals surface area contributed by atoms with Crippen LogP contribution in [-0.4, -0.2) is 23.3 Å².